The molecule has 1 heterocycles. The van der Waals surface area contributed by atoms with Crippen molar-refractivity contribution < 1.29 is 9.84 Å². The highest BCUT2D eigenvalue weighted by atomic mass is 16.5. The number of aliphatic hydroxyl groups is 1. The molecule has 0 saturated heterocycles. The number of H-pyrrole nitrogens is 1. The van der Waals surface area contributed by atoms with Crippen molar-refractivity contribution in [1.29, 1.82) is 0 Å². The molecule has 232 valence electrons. The monoisotopic (exact) mass is 596 g/mol. The number of anilines is 3. The summed E-state index contributed by atoms with van der Waals surface area (Å²) < 4.78 is 6.05. The summed E-state index contributed by atoms with van der Waals surface area (Å²) in [5.74, 6) is 0.755. The van der Waals surface area contributed by atoms with E-state index in [1.165, 1.54) is 25.7 Å². The lowest BCUT2D eigenvalue weighted by Gasteiger charge is -2.18. The van der Waals surface area contributed by atoms with Gasteiger partial charge in [0, 0.05) is 41.1 Å². The Bertz CT molecular complexity index is 1720. The SMILES string of the molecule is CCCCCCCCNc1c(Nc2ccc(CC(C)NC[C@H](O)COc3cccc4[nH]c5ccccc5c34)cc2)c(=O)c1=O. The van der Waals surface area contributed by atoms with Crippen LogP contribution in [0, 0.1) is 0 Å². The number of rotatable bonds is 18. The normalized spacial score (nSPS) is 13.0. The molecule has 0 aliphatic rings. The van der Waals surface area contributed by atoms with E-state index in [1.807, 2.05) is 60.7 Å². The van der Waals surface area contributed by atoms with Crippen LogP contribution < -0.4 is 31.5 Å². The van der Waals surface area contributed by atoms with Crippen molar-refractivity contribution in [3.05, 3.63) is 92.7 Å². The number of aromatic amines is 1. The van der Waals surface area contributed by atoms with E-state index in [-0.39, 0.29) is 12.6 Å². The van der Waals surface area contributed by atoms with E-state index in [2.05, 4.69) is 40.8 Å². The van der Waals surface area contributed by atoms with Crippen molar-refractivity contribution in [2.24, 2.45) is 0 Å². The van der Waals surface area contributed by atoms with Gasteiger partial charge in [-0.15, -0.1) is 0 Å². The third-order valence-electron chi connectivity index (χ3n) is 8.13. The molecule has 0 radical (unpaired) electrons. The van der Waals surface area contributed by atoms with E-state index >= 15 is 0 Å². The second kappa shape index (κ2) is 15.0. The number of benzene rings is 3. The van der Waals surface area contributed by atoms with E-state index in [0.29, 0.717) is 24.5 Å². The maximum atomic E-state index is 12.2. The molecule has 8 nitrogen and oxygen atoms in total. The molecule has 44 heavy (non-hydrogen) atoms. The molecule has 0 amide bonds. The van der Waals surface area contributed by atoms with Gasteiger partial charge in [-0.05, 0) is 55.7 Å². The smallest absolute Gasteiger partial charge is 0.253 e. The van der Waals surface area contributed by atoms with Gasteiger partial charge in [-0.3, -0.25) is 9.59 Å². The first-order chi connectivity index (χ1) is 21.4. The summed E-state index contributed by atoms with van der Waals surface area (Å²) in [5.41, 5.74) is 3.78. The van der Waals surface area contributed by atoms with Gasteiger partial charge in [0.1, 0.15) is 29.8 Å². The van der Waals surface area contributed by atoms with Gasteiger partial charge in [0.15, 0.2) is 0 Å². The van der Waals surface area contributed by atoms with Crippen LogP contribution in [0.15, 0.2) is 76.3 Å². The maximum absolute atomic E-state index is 12.2. The van der Waals surface area contributed by atoms with E-state index in [1.54, 1.807) is 0 Å². The Morgan fingerprint density at radius 1 is 0.841 bits per heavy atom. The summed E-state index contributed by atoms with van der Waals surface area (Å²) in [6, 6.07) is 22.0. The molecule has 0 fully saturated rings. The van der Waals surface area contributed by atoms with Gasteiger partial charge in [0.05, 0.1) is 5.52 Å². The van der Waals surface area contributed by atoms with Gasteiger partial charge < -0.3 is 30.8 Å². The lowest BCUT2D eigenvalue weighted by molar-refractivity contribution is 0.105. The van der Waals surface area contributed by atoms with Crippen molar-refractivity contribution in [1.82, 2.24) is 10.3 Å². The Morgan fingerprint density at radius 2 is 1.57 bits per heavy atom. The Balaban J connectivity index is 1.05. The summed E-state index contributed by atoms with van der Waals surface area (Å²) in [7, 11) is 0. The molecule has 1 aromatic heterocycles. The number of hydrogen-bond acceptors (Lipinski definition) is 7. The second-order valence-electron chi connectivity index (χ2n) is 11.8. The minimum atomic E-state index is -0.663. The topological polar surface area (TPSA) is 115 Å². The zero-order chi connectivity index (χ0) is 30.9. The van der Waals surface area contributed by atoms with Crippen LogP contribution in [0.25, 0.3) is 21.8 Å². The van der Waals surface area contributed by atoms with E-state index in [9.17, 15) is 14.7 Å². The molecular formula is C36H44N4O4. The van der Waals surface area contributed by atoms with Crippen LogP contribution in [-0.4, -0.2) is 41.9 Å². The second-order valence-corrected chi connectivity index (χ2v) is 11.8. The quantitative estimate of drug-likeness (QED) is 0.0588. The number of fused-ring (bicyclic) bond motifs is 3. The van der Waals surface area contributed by atoms with Gasteiger partial charge >= 0.3 is 0 Å². The summed E-state index contributed by atoms with van der Waals surface area (Å²) in [6.07, 6.45) is 7.14. The van der Waals surface area contributed by atoms with Crippen LogP contribution in [-0.2, 0) is 6.42 Å². The fourth-order valence-corrected chi connectivity index (χ4v) is 5.66. The zero-order valence-corrected chi connectivity index (χ0v) is 25.7. The fraction of sp³-hybridized carbons (Fsp3) is 0.389. The van der Waals surface area contributed by atoms with Crippen LogP contribution >= 0.6 is 0 Å². The number of nitrogens with one attached hydrogen (secondary N) is 4. The fourth-order valence-electron chi connectivity index (χ4n) is 5.66. The Labute approximate surface area is 258 Å². The van der Waals surface area contributed by atoms with E-state index in [0.717, 1.165) is 58.1 Å². The third-order valence-corrected chi connectivity index (χ3v) is 8.13. The molecular weight excluding hydrogens is 552 g/mol. The number of hydrogen-bond donors (Lipinski definition) is 5. The maximum Gasteiger partial charge on any atom is 0.253 e. The van der Waals surface area contributed by atoms with Gasteiger partial charge in [0.2, 0.25) is 0 Å². The van der Waals surface area contributed by atoms with Crippen molar-refractivity contribution in [2.75, 3.05) is 30.3 Å². The lowest BCUT2D eigenvalue weighted by Crippen LogP contribution is -2.37. The van der Waals surface area contributed by atoms with Crippen LogP contribution in [0.3, 0.4) is 0 Å². The van der Waals surface area contributed by atoms with E-state index in [4.69, 9.17) is 4.74 Å². The van der Waals surface area contributed by atoms with Gasteiger partial charge in [-0.25, -0.2) is 0 Å². The van der Waals surface area contributed by atoms with Crippen molar-refractivity contribution in [2.45, 2.75) is 70.9 Å². The highest BCUT2D eigenvalue weighted by Gasteiger charge is 2.20. The summed E-state index contributed by atoms with van der Waals surface area (Å²) >= 11 is 0. The first kappa shape index (κ1) is 31.3. The molecule has 2 atom stereocenters. The largest absolute Gasteiger partial charge is 0.490 e. The minimum absolute atomic E-state index is 0.131. The van der Waals surface area contributed by atoms with Gasteiger partial charge in [0.25, 0.3) is 10.9 Å². The molecule has 8 heteroatoms. The van der Waals surface area contributed by atoms with Crippen molar-refractivity contribution in [3.63, 3.8) is 0 Å². The third kappa shape index (κ3) is 7.68. The molecule has 0 bridgehead atoms. The van der Waals surface area contributed by atoms with Crippen LogP contribution in [0.1, 0.15) is 57.9 Å². The molecule has 0 spiro atoms. The summed E-state index contributed by atoms with van der Waals surface area (Å²) in [5, 5.41) is 22.4. The van der Waals surface area contributed by atoms with Crippen LogP contribution in [0.5, 0.6) is 5.75 Å². The average molecular weight is 597 g/mol. The molecule has 5 N–H and O–H groups in total. The Hall–Kier alpha value is -4.14. The minimum Gasteiger partial charge on any atom is -0.490 e. The predicted octanol–water partition coefficient (Wildman–Crippen LogP) is 6.39. The molecule has 0 aliphatic heterocycles. The van der Waals surface area contributed by atoms with Crippen LogP contribution in [0.4, 0.5) is 17.1 Å². The zero-order valence-electron chi connectivity index (χ0n) is 25.7. The highest BCUT2D eigenvalue weighted by Crippen LogP contribution is 2.33. The molecule has 5 rings (SSSR count). The lowest BCUT2D eigenvalue weighted by atomic mass is 10.1. The van der Waals surface area contributed by atoms with Crippen molar-refractivity contribution >= 4 is 38.9 Å². The number of aliphatic hydroxyl groups excluding tert-OH is 1. The number of para-hydroxylation sites is 1. The average Bonchev–Trinajstić information content (AvgIpc) is 3.43. The first-order valence-corrected chi connectivity index (χ1v) is 15.9. The number of aromatic nitrogens is 1. The van der Waals surface area contributed by atoms with Gasteiger partial charge in [-0.2, -0.15) is 0 Å². The predicted molar refractivity (Wildman–Crippen MR) is 181 cm³/mol. The van der Waals surface area contributed by atoms with Gasteiger partial charge in [-0.1, -0.05) is 75.4 Å². The van der Waals surface area contributed by atoms with Crippen LogP contribution in [0.2, 0.25) is 0 Å². The summed E-state index contributed by atoms with van der Waals surface area (Å²) in [4.78, 5) is 27.7. The number of unbranched alkanes of at least 4 members (excludes halogenated alkanes) is 5. The standard InChI is InChI=1S/C36H44N4O4/c1-3-4-5-6-7-10-20-37-33-34(36(43)35(33)42)39-26-18-16-25(17-19-26)21-24(2)38-22-27(41)23-44-31-15-11-14-30-32(31)28-12-8-9-13-29(28)40-30/h8-9,11-19,24,27,37-41H,3-7,10,20-23H2,1-2H3/t24?,27-/m0/s1. The molecule has 4 aromatic carbocycles. The van der Waals surface area contributed by atoms with Crippen molar-refractivity contribution in [3.8, 4) is 5.75 Å². The molecule has 5 aromatic rings. The molecule has 1 unspecified atom stereocenters. The Kier molecular flexibility index (Phi) is 10.7. The molecule has 0 saturated carbocycles. The van der Waals surface area contributed by atoms with E-state index < -0.39 is 17.0 Å². The highest BCUT2D eigenvalue weighted by molar-refractivity contribution is 6.10. The Morgan fingerprint density at radius 3 is 2.39 bits per heavy atom. The molecule has 0 aliphatic carbocycles. The first-order valence-electron chi connectivity index (χ1n) is 15.9. The number of ether oxygens (including phenoxy) is 1. The summed E-state index contributed by atoms with van der Waals surface area (Å²) in [6.45, 7) is 5.57.